The van der Waals surface area contributed by atoms with Gasteiger partial charge in [0.05, 0.1) is 13.0 Å². The Labute approximate surface area is 77.4 Å². The third kappa shape index (κ3) is 3.25. The third-order valence-electron chi connectivity index (χ3n) is 1.66. The van der Waals surface area contributed by atoms with E-state index in [1.54, 1.807) is 0 Å². The van der Waals surface area contributed by atoms with Crippen LogP contribution in [0.2, 0.25) is 0 Å². The Balaban J connectivity index is 2.54. The van der Waals surface area contributed by atoms with Gasteiger partial charge in [-0.25, -0.2) is 5.11 Å². The molecule has 1 amide bonds. The van der Waals surface area contributed by atoms with Crippen LogP contribution in [0.5, 0.6) is 0 Å². The van der Waals surface area contributed by atoms with Gasteiger partial charge in [-0.15, -0.1) is 0 Å². The number of carbonyl (C=O) groups excluding carboxylic acids is 1. The standard InChI is InChI=1S/C10H12NO2/c1-8-2-4-9(5-3-8)11-10(13)6-7-12/h2-5H,6-7H2,1H3,(H,11,13). The molecule has 0 spiro atoms. The molecule has 13 heavy (non-hydrogen) atoms. The molecule has 0 heterocycles. The lowest BCUT2D eigenvalue weighted by Gasteiger charge is -2.03. The molecular weight excluding hydrogens is 166 g/mol. The fourth-order valence-electron chi connectivity index (χ4n) is 0.953. The van der Waals surface area contributed by atoms with Crippen molar-refractivity contribution in [1.82, 2.24) is 0 Å². The molecule has 0 aliphatic rings. The average Bonchev–Trinajstić information content (AvgIpc) is 2.09. The lowest BCUT2D eigenvalue weighted by atomic mass is 10.2. The highest BCUT2D eigenvalue weighted by Crippen LogP contribution is 2.08. The summed E-state index contributed by atoms with van der Waals surface area (Å²) in [6.07, 6.45) is 0.0356. The van der Waals surface area contributed by atoms with Crippen molar-refractivity contribution in [1.29, 1.82) is 0 Å². The van der Waals surface area contributed by atoms with Gasteiger partial charge in [0.25, 0.3) is 0 Å². The first-order chi connectivity index (χ1) is 6.22. The molecule has 0 aliphatic heterocycles. The normalized spacial score (nSPS) is 9.69. The highest BCUT2D eigenvalue weighted by molar-refractivity contribution is 5.90. The molecule has 1 aromatic rings. The second-order valence-corrected chi connectivity index (χ2v) is 2.87. The summed E-state index contributed by atoms with van der Waals surface area (Å²) in [6, 6.07) is 7.45. The molecule has 3 heteroatoms. The van der Waals surface area contributed by atoms with E-state index in [2.05, 4.69) is 5.32 Å². The maximum Gasteiger partial charge on any atom is 0.226 e. The van der Waals surface area contributed by atoms with Crippen molar-refractivity contribution in [2.75, 3.05) is 11.9 Å². The van der Waals surface area contributed by atoms with Gasteiger partial charge < -0.3 is 5.32 Å². The Morgan fingerprint density at radius 1 is 1.31 bits per heavy atom. The topological polar surface area (TPSA) is 49.0 Å². The van der Waals surface area contributed by atoms with Crippen molar-refractivity contribution in [3.8, 4) is 0 Å². The highest BCUT2D eigenvalue weighted by atomic mass is 16.3. The summed E-state index contributed by atoms with van der Waals surface area (Å²) in [5, 5.41) is 12.8. The zero-order valence-electron chi connectivity index (χ0n) is 7.54. The number of hydrogen-bond donors (Lipinski definition) is 1. The van der Waals surface area contributed by atoms with Gasteiger partial charge in [-0.1, -0.05) is 17.7 Å². The van der Waals surface area contributed by atoms with E-state index in [1.165, 1.54) is 0 Å². The molecule has 0 saturated carbocycles. The monoisotopic (exact) mass is 178 g/mol. The van der Waals surface area contributed by atoms with Gasteiger partial charge in [0.15, 0.2) is 0 Å². The molecule has 0 atom stereocenters. The smallest absolute Gasteiger partial charge is 0.226 e. The number of rotatable bonds is 3. The zero-order chi connectivity index (χ0) is 9.68. The molecular formula is C10H12NO2. The SMILES string of the molecule is Cc1ccc(NC(=O)CC[O])cc1. The van der Waals surface area contributed by atoms with Gasteiger partial charge >= 0.3 is 0 Å². The molecule has 0 aromatic heterocycles. The molecule has 0 bridgehead atoms. The minimum absolute atomic E-state index is 0.0356. The van der Waals surface area contributed by atoms with Crippen molar-refractivity contribution >= 4 is 11.6 Å². The van der Waals surface area contributed by atoms with Gasteiger partial charge in [-0.05, 0) is 19.1 Å². The molecule has 1 radical (unpaired) electrons. The van der Waals surface area contributed by atoms with Crippen LogP contribution < -0.4 is 5.32 Å². The Morgan fingerprint density at radius 3 is 2.46 bits per heavy atom. The van der Waals surface area contributed by atoms with Crippen LogP contribution in [0.4, 0.5) is 5.69 Å². The lowest BCUT2D eigenvalue weighted by Crippen LogP contribution is -2.12. The Hall–Kier alpha value is -1.35. The van der Waals surface area contributed by atoms with E-state index < -0.39 is 0 Å². The number of amides is 1. The fraction of sp³-hybridized carbons (Fsp3) is 0.300. The molecule has 69 valence electrons. The minimum Gasteiger partial charge on any atom is -0.326 e. The molecule has 3 nitrogen and oxygen atoms in total. The number of anilines is 1. The van der Waals surface area contributed by atoms with Crippen molar-refractivity contribution in [3.05, 3.63) is 29.8 Å². The average molecular weight is 178 g/mol. The Kier molecular flexibility index (Phi) is 3.46. The van der Waals surface area contributed by atoms with E-state index in [4.69, 9.17) is 0 Å². The van der Waals surface area contributed by atoms with Gasteiger partial charge in [0.2, 0.25) is 5.91 Å². The van der Waals surface area contributed by atoms with Gasteiger partial charge in [0.1, 0.15) is 0 Å². The first kappa shape index (κ1) is 9.74. The molecule has 0 saturated heterocycles. The fourth-order valence-corrected chi connectivity index (χ4v) is 0.953. The molecule has 1 rings (SSSR count). The quantitative estimate of drug-likeness (QED) is 0.753. The molecule has 1 aromatic carbocycles. The third-order valence-corrected chi connectivity index (χ3v) is 1.66. The number of aryl methyl sites for hydroxylation is 1. The van der Waals surface area contributed by atoms with E-state index in [0.29, 0.717) is 0 Å². The van der Waals surface area contributed by atoms with Crippen molar-refractivity contribution in [3.63, 3.8) is 0 Å². The summed E-state index contributed by atoms with van der Waals surface area (Å²) in [6.45, 7) is 1.61. The maximum atomic E-state index is 11.0. The van der Waals surface area contributed by atoms with Gasteiger partial charge in [-0.3, -0.25) is 4.79 Å². The Bertz CT molecular complexity index is 279. The second kappa shape index (κ2) is 4.62. The second-order valence-electron chi connectivity index (χ2n) is 2.87. The van der Waals surface area contributed by atoms with E-state index in [0.717, 1.165) is 11.3 Å². The number of nitrogens with one attached hydrogen (secondary N) is 1. The van der Waals surface area contributed by atoms with Crippen molar-refractivity contribution in [2.45, 2.75) is 13.3 Å². The van der Waals surface area contributed by atoms with Crippen molar-refractivity contribution < 1.29 is 9.90 Å². The van der Waals surface area contributed by atoms with Crippen LogP contribution in [0.1, 0.15) is 12.0 Å². The zero-order valence-corrected chi connectivity index (χ0v) is 7.54. The van der Waals surface area contributed by atoms with Gasteiger partial charge in [0, 0.05) is 5.69 Å². The lowest BCUT2D eigenvalue weighted by molar-refractivity contribution is -0.117. The summed E-state index contributed by atoms with van der Waals surface area (Å²) >= 11 is 0. The highest BCUT2D eigenvalue weighted by Gasteiger charge is 2.00. The van der Waals surface area contributed by atoms with Crippen LogP contribution in [-0.4, -0.2) is 12.5 Å². The van der Waals surface area contributed by atoms with E-state index in [1.807, 2.05) is 31.2 Å². The first-order valence-electron chi connectivity index (χ1n) is 4.17. The summed E-state index contributed by atoms with van der Waals surface area (Å²) < 4.78 is 0. The predicted octanol–water partition coefficient (Wildman–Crippen LogP) is 1.75. The maximum absolute atomic E-state index is 11.0. The predicted molar refractivity (Wildman–Crippen MR) is 50.0 cm³/mol. The largest absolute Gasteiger partial charge is 0.326 e. The molecule has 1 N–H and O–H groups in total. The Morgan fingerprint density at radius 2 is 1.92 bits per heavy atom. The van der Waals surface area contributed by atoms with Crippen LogP contribution in [0, 0.1) is 6.92 Å². The van der Waals surface area contributed by atoms with Crippen LogP contribution >= 0.6 is 0 Å². The van der Waals surface area contributed by atoms with E-state index in [-0.39, 0.29) is 18.9 Å². The van der Waals surface area contributed by atoms with Crippen LogP contribution in [0.15, 0.2) is 24.3 Å². The number of benzene rings is 1. The molecule has 0 unspecified atom stereocenters. The number of hydrogen-bond acceptors (Lipinski definition) is 1. The summed E-state index contributed by atoms with van der Waals surface area (Å²) in [7, 11) is 0. The first-order valence-corrected chi connectivity index (χ1v) is 4.17. The summed E-state index contributed by atoms with van der Waals surface area (Å²) in [5.74, 6) is -0.223. The van der Waals surface area contributed by atoms with Gasteiger partial charge in [-0.2, -0.15) is 0 Å². The minimum atomic E-state index is -0.363. The molecule has 0 aliphatic carbocycles. The van der Waals surface area contributed by atoms with Crippen LogP contribution in [-0.2, 0) is 9.90 Å². The molecule has 0 fully saturated rings. The van der Waals surface area contributed by atoms with Crippen molar-refractivity contribution in [2.24, 2.45) is 0 Å². The van der Waals surface area contributed by atoms with E-state index in [9.17, 15) is 9.90 Å². The summed E-state index contributed by atoms with van der Waals surface area (Å²) in [4.78, 5) is 11.0. The number of carbonyl (C=O) groups is 1. The van der Waals surface area contributed by atoms with E-state index >= 15 is 0 Å². The summed E-state index contributed by atoms with van der Waals surface area (Å²) in [5.41, 5.74) is 1.88. The van der Waals surface area contributed by atoms with Crippen LogP contribution in [0.3, 0.4) is 0 Å². The van der Waals surface area contributed by atoms with Crippen LogP contribution in [0.25, 0.3) is 0 Å².